The van der Waals surface area contributed by atoms with Crippen LogP contribution in [0.5, 0.6) is 0 Å². The summed E-state index contributed by atoms with van der Waals surface area (Å²) < 4.78 is 9.90. The zero-order valence-electron chi connectivity index (χ0n) is 11.5. The third-order valence-electron chi connectivity index (χ3n) is 2.68. The molecule has 0 aliphatic heterocycles. The molecule has 0 amide bonds. The van der Waals surface area contributed by atoms with Gasteiger partial charge in [0.05, 0.1) is 0 Å². The largest absolute Gasteiger partial charge is 0.369 e. The van der Waals surface area contributed by atoms with Gasteiger partial charge in [-0.3, -0.25) is 0 Å². The Labute approximate surface area is 118 Å². The van der Waals surface area contributed by atoms with Crippen LogP contribution in [-0.2, 0) is 4.74 Å². The van der Waals surface area contributed by atoms with E-state index in [0.29, 0.717) is 11.7 Å². The molecule has 0 saturated carbocycles. The Hall–Kier alpha value is -1.46. The van der Waals surface area contributed by atoms with Crippen molar-refractivity contribution in [3.8, 4) is 0 Å². The predicted molar refractivity (Wildman–Crippen MR) is 78.5 cm³/mol. The maximum Gasteiger partial charge on any atom is 0.202 e. The van der Waals surface area contributed by atoms with Crippen molar-refractivity contribution < 1.29 is 4.74 Å². The maximum absolute atomic E-state index is 5.52. The van der Waals surface area contributed by atoms with Gasteiger partial charge in [-0.2, -0.15) is 4.37 Å². The summed E-state index contributed by atoms with van der Waals surface area (Å²) in [4.78, 5) is 4.50. The van der Waals surface area contributed by atoms with E-state index in [2.05, 4.69) is 28.5 Å². The van der Waals surface area contributed by atoms with Gasteiger partial charge in [-0.25, -0.2) is 4.98 Å². The van der Waals surface area contributed by atoms with Gasteiger partial charge in [0.1, 0.15) is 6.10 Å². The van der Waals surface area contributed by atoms with Crippen molar-refractivity contribution in [2.45, 2.75) is 20.0 Å². The average molecular weight is 277 g/mol. The van der Waals surface area contributed by atoms with Crippen molar-refractivity contribution in [2.75, 3.05) is 19.0 Å². The SMILES string of the molecule is COC(c1ccccc1)c1nsc(NCC(C)C)n1. The maximum atomic E-state index is 5.52. The van der Waals surface area contributed by atoms with Crippen LogP contribution in [0.25, 0.3) is 0 Å². The number of hydrogen-bond donors (Lipinski definition) is 1. The quantitative estimate of drug-likeness (QED) is 0.879. The van der Waals surface area contributed by atoms with Crippen molar-refractivity contribution in [3.63, 3.8) is 0 Å². The van der Waals surface area contributed by atoms with Crippen molar-refractivity contribution in [1.82, 2.24) is 9.36 Å². The van der Waals surface area contributed by atoms with Crippen LogP contribution in [0, 0.1) is 5.92 Å². The number of nitrogens with one attached hydrogen (secondary N) is 1. The molecule has 19 heavy (non-hydrogen) atoms. The van der Waals surface area contributed by atoms with Crippen LogP contribution in [0.3, 0.4) is 0 Å². The monoisotopic (exact) mass is 277 g/mol. The summed E-state index contributed by atoms with van der Waals surface area (Å²) in [6.45, 7) is 5.23. The van der Waals surface area contributed by atoms with E-state index in [0.717, 1.165) is 17.2 Å². The molecule has 0 fully saturated rings. The molecule has 2 rings (SSSR count). The lowest BCUT2D eigenvalue weighted by Crippen LogP contribution is -2.09. The molecule has 1 atom stereocenters. The van der Waals surface area contributed by atoms with Crippen LogP contribution in [-0.4, -0.2) is 23.0 Å². The Bertz CT molecular complexity index is 498. The van der Waals surface area contributed by atoms with Crippen molar-refractivity contribution in [3.05, 3.63) is 41.7 Å². The summed E-state index contributed by atoms with van der Waals surface area (Å²) in [7, 11) is 1.68. The lowest BCUT2D eigenvalue weighted by molar-refractivity contribution is 0.130. The third kappa shape index (κ3) is 3.75. The van der Waals surface area contributed by atoms with Gasteiger partial charge in [0, 0.05) is 25.2 Å². The predicted octanol–water partition coefficient (Wildman–Crippen LogP) is 3.34. The molecular weight excluding hydrogens is 258 g/mol. The van der Waals surface area contributed by atoms with Crippen LogP contribution in [0.2, 0.25) is 0 Å². The molecule has 0 radical (unpaired) electrons. The Balaban J connectivity index is 2.12. The lowest BCUT2D eigenvalue weighted by Gasteiger charge is -2.11. The molecule has 1 aromatic carbocycles. The fourth-order valence-corrected chi connectivity index (χ4v) is 2.32. The van der Waals surface area contributed by atoms with Gasteiger partial charge in [-0.1, -0.05) is 44.2 Å². The van der Waals surface area contributed by atoms with Gasteiger partial charge in [-0.15, -0.1) is 0 Å². The molecule has 1 N–H and O–H groups in total. The average Bonchev–Trinajstić information content (AvgIpc) is 2.87. The number of hydrogen-bond acceptors (Lipinski definition) is 5. The van der Waals surface area contributed by atoms with Crippen molar-refractivity contribution >= 4 is 16.7 Å². The molecular formula is C14H19N3OS. The molecule has 5 heteroatoms. The van der Waals surface area contributed by atoms with Crippen molar-refractivity contribution in [1.29, 1.82) is 0 Å². The first-order valence-corrected chi connectivity index (χ1v) is 7.13. The molecule has 0 aliphatic rings. The van der Waals surface area contributed by atoms with Gasteiger partial charge < -0.3 is 10.1 Å². The zero-order chi connectivity index (χ0) is 13.7. The second kappa shape index (κ2) is 6.63. The Morgan fingerprint density at radius 3 is 2.63 bits per heavy atom. The molecule has 0 spiro atoms. The van der Waals surface area contributed by atoms with Crippen molar-refractivity contribution in [2.24, 2.45) is 5.92 Å². The third-order valence-corrected chi connectivity index (χ3v) is 3.36. The number of rotatable bonds is 6. The van der Waals surface area contributed by atoms with Gasteiger partial charge in [0.2, 0.25) is 5.13 Å². The van der Waals surface area contributed by atoms with Crippen LogP contribution in [0.4, 0.5) is 5.13 Å². The highest BCUT2D eigenvalue weighted by Crippen LogP contribution is 2.25. The zero-order valence-corrected chi connectivity index (χ0v) is 12.3. The minimum absolute atomic E-state index is 0.202. The summed E-state index contributed by atoms with van der Waals surface area (Å²) in [6.07, 6.45) is -0.202. The smallest absolute Gasteiger partial charge is 0.202 e. The van der Waals surface area contributed by atoms with Crippen LogP contribution < -0.4 is 5.32 Å². The highest BCUT2D eigenvalue weighted by molar-refractivity contribution is 7.09. The summed E-state index contributed by atoms with van der Waals surface area (Å²) in [5.41, 5.74) is 1.07. The second-order valence-corrected chi connectivity index (χ2v) is 5.51. The minimum Gasteiger partial charge on any atom is -0.369 e. The Morgan fingerprint density at radius 2 is 2.00 bits per heavy atom. The number of methoxy groups -OCH3 is 1. The van der Waals surface area contributed by atoms with E-state index >= 15 is 0 Å². The molecule has 2 aromatic rings. The van der Waals surface area contributed by atoms with E-state index in [1.54, 1.807) is 7.11 Å². The standard InChI is InChI=1S/C14H19N3OS/c1-10(2)9-15-14-16-13(17-19-14)12(18-3)11-7-5-4-6-8-11/h4-8,10,12H,9H2,1-3H3,(H,15,16,17). The lowest BCUT2D eigenvalue weighted by atomic mass is 10.1. The topological polar surface area (TPSA) is 47.0 Å². The Morgan fingerprint density at radius 1 is 1.26 bits per heavy atom. The normalized spacial score (nSPS) is 12.6. The molecule has 102 valence electrons. The fraction of sp³-hybridized carbons (Fsp3) is 0.429. The van der Waals surface area contributed by atoms with E-state index in [9.17, 15) is 0 Å². The molecule has 0 aliphatic carbocycles. The van der Waals surface area contributed by atoms with Crippen LogP contribution in [0.15, 0.2) is 30.3 Å². The number of nitrogens with zero attached hydrogens (tertiary/aromatic N) is 2. The first-order chi connectivity index (χ1) is 9.20. The first-order valence-electron chi connectivity index (χ1n) is 6.36. The van der Waals surface area contributed by atoms with Crippen LogP contribution in [0.1, 0.15) is 31.3 Å². The number of benzene rings is 1. The van der Waals surface area contributed by atoms with Gasteiger partial charge in [0.15, 0.2) is 5.82 Å². The second-order valence-electron chi connectivity index (χ2n) is 4.76. The molecule has 1 heterocycles. The number of anilines is 1. The number of ether oxygens (including phenoxy) is 1. The summed E-state index contributed by atoms with van der Waals surface area (Å²) >= 11 is 1.38. The van der Waals surface area contributed by atoms with E-state index < -0.39 is 0 Å². The summed E-state index contributed by atoms with van der Waals surface area (Å²) in [5.74, 6) is 1.30. The summed E-state index contributed by atoms with van der Waals surface area (Å²) in [6, 6.07) is 10.0. The molecule has 1 unspecified atom stereocenters. The van der Waals surface area contributed by atoms with E-state index in [-0.39, 0.29) is 6.10 Å². The molecule has 4 nitrogen and oxygen atoms in total. The molecule has 0 saturated heterocycles. The van der Waals surface area contributed by atoms with E-state index in [1.807, 2.05) is 30.3 Å². The minimum atomic E-state index is -0.202. The number of aromatic nitrogens is 2. The molecule has 0 bridgehead atoms. The van der Waals surface area contributed by atoms with Gasteiger partial charge in [-0.05, 0) is 11.5 Å². The van der Waals surface area contributed by atoms with E-state index in [4.69, 9.17) is 4.74 Å². The highest BCUT2D eigenvalue weighted by Gasteiger charge is 2.18. The summed E-state index contributed by atoms with van der Waals surface area (Å²) in [5, 5.41) is 4.13. The van der Waals surface area contributed by atoms with E-state index in [1.165, 1.54) is 11.5 Å². The van der Waals surface area contributed by atoms with Gasteiger partial charge in [0.25, 0.3) is 0 Å². The fourth-order valence-electron chi connectivity index (χ4n) is 1.72. The highest BCUT2D eigenvalue weighted by atomic mass is 32.1. The van der Waals surface area contributed by atoms with Gasteiger partial charge >= 0.3 is 0 Å². The first kappa shape index (κ1) is 14.0. The molecule has 1 aromatic heterocycles. The van der Waals surface area contributed by atoms with Crippen LogP contribution >= 0.6 is 11.5 Å². The Kier molecular flexibility index (Phi) is 4.87.